The summed E-state index contributed by atoms with van der Waals surface area (Å²) < 4.78 is 11.7. The zero-order chi connectivity index (χ0) is 8.43. The van der Waals surface area contributed by atoms with Crippen molar-refractivity contribution >= 4 is 26.7 Å². The highest BCUT2D eigenvalue weighted by Crippen LogP contribution is 2.12. The van der Waals surface area contributed by atoms with E-state index in [0.717, 1.165) is 10.2 Å². The fourth-order valence-corrected chi connectivity index (χ4v) is 1.23. The Labute approximate surface area is 75.8 Å². The van der Waals surface area contributed by atoms with Crippen LogP contribution < -0.4 is 0 Å². The molecule has 0 aliphatic rings. The van der Waals surface area contributed by atoms with Crippen molar-refractivity contribution in [1.82, 2.24) is 9.97 Å². The molecule has 0 radical (unpaired) electrons. The third-order valence-corrected chi connectivity index (χ3v) is 2.64. The molecule has 0 aliphatic heterocycles. The van der Waals surface area contributed by atoms with Crippen molar-refractivity contribution in [2.45, 2.75) is 12.1 Å². The minimum absolute atomic E-state index is 0.380. The molecule has 1 heterocycles. The number of hydrogen-bond acceptors (Lipinski definition) is 3. The summed E-state index contributed by atoms with van der Waals surface area (Å²) in [4.78, 5) is 7.89. The molecular formula is C6H7BrN2OS. The lowest BCUT2D eigenvalue weighted by molar-refractivity contribution is 0.678. The fraction of sp³-hybridized carbons (Fsp3) is 0.333. The van der Waals surface area contributed by atoms with Gasteiger partial charge in [0.1, 0.15) is 0 Å². The van der Waals surface area contributed by atoms with E-state index in [4.69, 9.17) is 0 Å². The Kier molecular flexibility index (Phi) is 2.72. The first-order chi connectivity index (χ1) is 5.11. The maximum atomic E-state index is 10.9. The molecule has 1 atom stereocenters. The van der Waals surface area contributed by atoms with E-state index in [-0.39, 0.29) is 0 Å². The van der Waals surface area contributed by atoms with Gasteiger partial charge in [0.2, 0.25) is 5.16 Å². The molecule has 60 valence electrons. The van der Waals surface area contributed by atoms with Gasteiger partial charge in [-0.15, -0.1) is 0 Å². The first-order valence-electron chi connectivity index (χ1n) is 2.94. The van der Waals surface area contributed by atoms with Gasteiger partial charge in [0.25, 0.3) is 0 Å². The van der Waals surface area contributed by atoms with Gasteiger partial charge in [-0.3, -0.25) is 4.21 Å². The maximum Gasteiger partial charge on any atom is 0.218 e. The van der Waals surface area contributed by atoms with Crippen LogP contribution in [0.3, 0.4) is 0 Å². The lowest BCUT2D eigenvalue weighted by Crippen LogP contribution is -1.98. The number of nitrogens with zero attached hydrogens (tertiary/aromatic N) is 2. The van der Waals surface area contributed by atoms with Crippen molar-refractivity contribution in [3.63, 3.8) is 0 Å². The molecule has 0 fully saturated rings. The van der Waals surface area contributed by atoms with Gasteiger partial charge in [-0.1, -0.05) is 0 Å². The predicted octanol–water partition coefficient (Wildman–Crippen LogP) is 1.28. The van der Waals surface area contributed by atoms with Crippen molar-refractivity contribution in [2.24, 2.45) is 0 Å². The van der Waals surface area contributed by atoms with Gasteiger partial charge in [-0.25, -0.2) is 9.97 Å². The van der Waals surface area contributed by atoms with E-state index in [2.05, 4.69) is 25.9 Å². The Balaban J connectivity index is 3.15. The van der Waals surface area contributed by atoms with Crippen LogP contribution in [0.4, 0.5) is 0 Å². The van der Waals surface area contributed by atoms with Crippen molar-refractivity contribution < 1.29 is 4.21 Å². The van der Waals surface area contributed by atoms with Crippen molar-refractivity contribution in [2.75, 3.05) is 6.26 Å². The van der Waals surface area contributed by atoms with Gasteiger partial charge in [0.05, 0.1) is 21.0 Å². The number of rotatable bonds is 1. The molecule has 1 unspecified atom stereocenters. The van der Waals surface area contributed by atoms with Crippen molar-refractivity contribution in [3.8, 4) is 0 Å². The van der Waals surface area contributed by atoms with Crippen LogP contribution in [0.1, 0.15) is 5.69 Å². The molecule has 0 saturated carbocycles. The zero-order valence-corrected chi connectivity index (χ0v) is 8.57. The third kappa shape index (κ3) is 2.07. The molecule has 11 heavy (non-hydrogen) atoms. The topological polar surface area (TPSA) is 42.9 Å². The van der Waals surface area contributed by atoms with Gasteiger partial charge < -0.3 is 0 Å². The minimum atomic E-state index is -1.09. The molecule has 0 aromatic carbocycles. The second kappa shape index (κ2) is 3.40. The van der Waals surface area contributed by atoms with Crippen LogP contribution in [-0.2, 0) is 10.8 Å². The van der Waals surface area contributed by atoms with Gasteiger partial charge in [-0.2, -0.15) is 0 Å². The molecule has 0 amide bonds. The summed E-state index contributed by atoms with van der Waals surface area (Å²) in [5, 5.41) is 0.380. The monoisotopic (exact) mass is 234 g/mol. The van der Waals surface area contributed by atoms with Crippen LogP contribution >= 0.6 is 15.9 Å². The van der Waals surface area contributed by atoms with E-state index < -0.39 is 10.8 Å². The number of aromatic nitrogens is 2. The summed E-state index contributed by atoms with van der Waals surface area (Å²) in [7, 11) is -1.09. The van der Waals surface area contributed by atoms with E-state index >= 15 is 0 Å². The third-order valence-electron chi connectivity index (χ3n) is 1.15. The Bertz CT molecular complexity index is 303. The van der Waals surface area contributed by atoms with Crippen molar-refractivity contribution in [1.29, 1.82) is 0 Å². The molecule has 0 saturated heterocycles. The summed E-state index contributed by atoms with van der Waals surface area (Å²) >= 11 is 3.25. The molecule has 0 bridgehead atoms. The van der Waals surface area contributed by atoms with Crippen LogP contribution in [0.25, 0.3) is 0 Å². The number of halogens is 1. The van der Waals surface area contributed by atoms with Gasteiger partial charge in [0, 0.05) is 12.5 Å². The van der Waals surface area contributed by atoms with Gasteiger partial charge in [-0.05, 0) is 22.9 Å². The fourth-order valence-electron chi connectivity index (χ4n) is 0.570. The van der Waals surface area contributed by atoms with Crippen molar-refractivity contribution in [3.05, 3.63) is 16.4 Å². The van der Waals surface area contributed by atoms with E-state index in [0.29, 0.717) is 5.16 Å². The molecule has 0 N–H and O–H groups in total. The molecule has 0 aliphatic carbocycles. The lowest BCUT2D eigenvalue weighted by atomic mass is 10.5. The minimum Gasteiger partial charge on any atom is -0.251 e. The SMILES string of the molecule is Cc1nc(S(C)=O)ncc1Br. The normalized spacial score (nSPS) is 13.0. The quantitative estimate of drug-likeness (QED) is 0.688. The number of aryl methyl sites for hydroxylation is 1. The van der Waals surface area contributed by atoms with Crippen LogP contribution in [0.2, 0.25) is 0 Å². The lowest BCUT2D eigenvalue weighted by Gasteiger charge is -1.97. The second-order valence-corrected chi connectivity index (χ2v) is 4.17. The van der Waals surface area contributed by atoms with Crippen LogP contribution in [0, 0.1) is 6.92 Å². The maximum absolute atomic E-state index is 10.9. The summed E-state index contributed by atoms with van der Waals surface area (Å²) in [6.45, 7) is 1.84. The van der Waals surface area contributed by atoms with Crippen LogP contribution in [0.5, 0.6) is 0 Å². The van der Waals surface area contributed by atoms with Crippen LogP contribution in [-0.4, -0.2) is 20.4 Å². The van der Waals surface area contributed by atoms with E-state index in [9.17, 15) is 4.21 Å². The molecule has 0 spiro atoms. The molecular weight excluding hydrogens is 228 g/mol. The average molecular weight is 235 g/mol. The predicted molar refractivity (Wildman–Crippen MR) is 46.8 cm³/mol. The van der Waals surface area contributed by atoms with E-state index in [1.54, 1.807) is 12.5 Å². The average Bonchev–Trinajstić information content (AvgIpc) is 1.94. The zero-order valence-electron chi connectivity index (χ0n) is 6.17. The molecule has 1 aromatic rings. The smallest absolute Gasteiger partial charge is 0.218 e. The number of hydrogen-bond donors (Lipinski definition) is 0. The molecule has 1 rings (SSSR count). The highest BCUT2D eigenvalue weighted by Gasteiger charge is 2.02. The first kappa shape index (κ1) is 8.80. The molecule has 1 aromatic heterocycles. The summed E-state index contributed by atoms with van der Waals surface area (Å²) in [6.07, 6.45) is 3.17. The van der Waals surface area contributed by atoms with Gasteiger partial charge >= 0.3 is 0 Å². The van der Waals surface area contributed by atoms with Crippen LogP contribution in [0.15, 0.2) is 15.8 Å². The largest absolute Gasteiger partial charge is 0.251 e. The first-order valence-corrected chi connectivity index (χ1v) is 5.29. The highest BCUT2D eigenvalue weighted by atomic mass is 79.9. The second-order valence-electron chi connectivity index (χ2n) is 2.04. The molecule has 3 nitrogen and oxygen atoms in total. The summed E-state index contributed by atoms with van der Waals surface area (Å²) in [6, 6.07) is 0. The highest BCUT2D eigenvalue weighted by molar-refractivity contribution is 9.10. The van der Waals surface area contributed by atoms with Gasteiger partial charge in [0.15, 0.2) is 0 Å². The summed E-state index contributed by atoms with van der Waals surface area (Å²) in [5.41, 5.74) is 0.810. The Hall–Kier alpha value is -0.290. The Morgan fingerprint density at radius 1 is 1.64 bits per heavy atom. The summed E-state index contributed by atoms with van der Waals surface area (Å²) in [5.74, 6) is 0. The Morgan fingerprint density at radius 2 is 2.27 bits per heavy atom. The van der Waals surface area contributed by atoms with E-state index in [1.807, 2.05) is 6.92 Å². The Morgan fingerprint density at radius 3 is 2.73 bits per heavy atom. The van der Waals surface area contributed by atoms with E-state index in [1.165, 1.54) is 0 Å². The standard InChI is InChI=1S/C6H7BrN2OS/c1-4-5(7)3-8-6(9-4)11(2)10/h3H,1-2H3. The molecule has 5 heteroatoms.